The Hall–Kier alpha value is -2.67. The normalized spacial score (nSPS) is 13.2. The molecule has 2 aromatic carbocycles. The second-order valence-electron chi connectivity index (χ2n) is 5.79. The van der Waals surface area contributed by atoms with Gasteiger partial charge in [-0.25, -0.2) is 0 Å². The molecule has 1 aliphatic heterocycles. The highest BCUT2D eigenvalue weighted by atomic mass is 32.2. The minimum Gasteiger partial charge on any atom is -0.454 e. The second-order valence-corrected chi connectivity index (χ2v) is 6.84. The van der Waals surface area contributed by atoms with E-state index in [-0.39, 0.29) is 12.5 Å². The van der Waals surface area contributed by atoms with E-state index in [0.717, 1.165) is 10.5 Å². The molecule has 1 atom stereocenters. The summed E-state index contributed by atoms with van der Waals surface area (Å²) in [6.07, 6.45) is -0.897. The zero-order valence-corrected chi connectivity index (χ0v) is 15.3. The molecule has 26 heavy (non-hydrogen) atoms. The Kier molecular flexibility index (Phi) is 5.68. The van der Waals surface area contributed by atoms with Crippen LogP contribution in [0.2, 0.25) is 0 Å². The Bertz CT molecular complexity index is 806. The van der Waals surface area contributed by atoms with Crippen LogP contribution in [-0.4, -0.2) is 30.5 Å². The highest BCUT2D eigenvalue weighted by molar-refractivity contribution is 8.00. The Morgan fingerprint density at radius 1 is 1.15 bits per heavy atom. The molecule has 3 rings (SSSR count). The molecule has 1 N–H and O–H groups in total. The van der Waals surface area contributed by atoms with Crippen LogP contribution in [0.3, 0.4) is 0 Å². The first-order valence-corrected chi connectivity index (χ1v) is 9.09. The summed E-state index contributed by atoms with van der Waals surface area (Å²) in [6, 6.07) is 12.9. The van der Waals surface area contributed by atoms with Gasteiger partial charge in [0.2, 0.25) is 6.79 Å². The van der Waals surface area contributed by atoms with Gasteiger partial charge in [0.1, 0.15) is 0 Å². The monoisotopic (exact) mass is 373 g/mol. The van der Waals surface area contributed by atoms with Crippen molar-refractivity contribution in [3.8, 4) is 11.5 Å². The number of amides is 1. The van der Waals surface area contributed by atoms with Crippen LogP contribution in [0, 0.1) is 6.92 Å². The van der Waals surface area contributed by atoms with Crippen molar-refractivity contribution in [2.45, 2.75) is 24.8 Å². The molecule has 0 saturated heterocycles. The fourth-order valence-electron chi connectivity index (χ4n) is 2.28. The maximum atomic E-state index is 12.2. The van der Waals surface area contributed by atoms with Crippen molar-refractivity contribution in [1.29, 1.82) is 0 Å². The lowest BCUT2D eigenvalue weighted by atomic mass is 10.2. The molecule has 2 aromatic rings. The van der Waals surface area contributed by atoms with Gasteiger partial charge in [0, 0.05) is 16.6 Å². The molecule has 1 amide bonds. The minimum atomic E-state index is -0.897. The van der Waals surface area contributed by atoms with Crippen LogP contribution in [0.5, 0.6) is 11.5 Å². The summed E-state index contributed by atoms with van der Waals surface area (Å²) >= 11 is 1.37. The molecule has 0 aromatic heterocycles. The van der Waals surface area contributed by atoms with Crippen LogP contribution in [0.4, 0.5) is 5.69 Å². The molecular weight excluding hydrogens is 354 g/mol. The molecule has 1 aliphatic rings. The van der Waals surface area contributed by atoms with Gasteiger partial charge in [0.15, 0.2) is 17.6 Å². The summed E-state index contributed by atoms with van der Waals surface area (Å²) in [4.78, 5) is 25.1. The van der Waals surface area contributed by atoms with Crippen molar-refractivity contribution in [3.05, 3.63) is 48.0 Å². The quantitative estimate of drug-likeness (QED) is 0.618. The van der Waals surface area contributed by atoms with Crippen LogP contribution in [0.1, 0.15) is 12.5 Å². The molecule has 0 aliphatic carbocycles. The lowest BCUT2D eigenvalue weighted by Gasteiger charge is -2.13. The van der Waals surface area contributed by atoms with Crippen LogP contribution in [-0.2, 0) is 14.3 Å². The summed E-state index contributed by atoms with van der Waals surface area (Å²) in [5.74, 6) is 0.504. The molecule has 6 nitrogen and oxygen atoms in total. The third-order valence-corrected chi connectivity index (χ3v) is 4.68. The molecule has 7 heteroatoms. The summed E-state index contributed by atoms with van der Waals surface area (Å²) in [7, 11) is 0. The minimum absolute atomic E-state index is 0.144. The predicted octanol–water partition coefficient (Wildman–Crippen LogP) is 3.39. The predicted molar refractivity (Wildman–Crippen MR) is 98.7 cm³/mol. The van der Waals surface area contributed by atoms with E-state index in [1.54, 1.807) is 18.2 Å². The number of fused-ring (bicyclic) bond motifs is 1. The highest BCUT2D eigenvalue weighted by Gasteiger charge is 2.20. The number of nitrogens with one attached hydrogen (secondary N) is 1. The van der Waals surface area contributed by atoms with E-state index in [2.05, 4.69) is 5.32 Å². The number of hydrogen-bond donors (Lipinski definition) is 1. The van der Waals surface area contributed by atoms with Crippen molar-refractivity contribution < 1.29 is 23.8 Å². The molecule has 0 spiro atoms. The third kappa shape index (κ3) is 4.70. The molecule has 0 bridgehead atoms. The van der Waals surface area contributed by atoms with E-state index in [0.29, 0.717) is 17.2 Å². The van der Waals surface area contributed by atoms with Gasteiger partial charge in [-0.15, -0.1) is 11.8 Å². The number of rotatable bonds is 6. The van der Waals surface area contributed by atoms with Crippen LogP contribution in [0.15, 0.2) is 47.4 Å². The smallest absolute Gasteiger partial charge is 0.317 e. The fraction of sp³-hybridized carbons (Fsp3) is 0.263. The van der Waals surface area contributed by atoms with E-state index >= 15 is 0 Å². The van der Waals surface area contributed by atoms with Crippen molar-refractivity contribution in [2.75, 3.05) is 17.9 Å². The van der Waals surface area contributed by atoms with E-state index in [1.165, 1.54) is 18.7 Å². The molecular formula is C19H19NO5S. The van der Waals surface area contributed by atoms with Crippen LogP contribution < -0.4 is 14.8 Å². The SMILES string of the molecule is Cc1ccc(SCC(=O)O[C@H](C)C(=O)Nc2ccc3c(c2)OCO3)cc1. The lowest BCUT2D eigenvalue weighted by molar-refractivity contribution is -0.150. The van der Waals surface area contributed by atoms with Gasteiger partial charge in [-0.2, -0.15) is 0 Å². The number of anilines is 1. The average Bonchev–Trinajstić information content (AvgIpc) is 3.09. The number of carbonyl (C=O) groups excluding carboxylic acids is 2. The second kappa shape index (κ2) is 8.14. The number of benzene rings is 2. The number of esters is 1. The topological polar surface area (TPSA) is 73.9 Å². The van der Waals surface area contributed by atoms with Gasteiger partial charge in [0.05, 0.1) is 5.75 Å². The Morgan fingerprint density at radius 2 is 1.88 bits per heavy atom. The standard InChI is InChI=1S/C19H19NO5S/c1-12-3-6-15(7-4-12)26-10-18(21)25-13(2)19(22)20-14-5-8-16-17(9-14)24-11-23-16/h3-9,13H,10-11H2,1-2H3,(H,20,22)/t13-/m1/s1. The van der Waals surface area contributed by atoms with Gasteiger partial charge in [0.25, 0.3) is 5.91 Å². The zero-order chi connectivity index (χ0) is 18.5. The average molecular weight is 373 g/mol. The van der Waals surface area contributed by atoms with Crippen LogP contribution in [0.25, 0.3) is 0 Å². The molecule has 0 saturated carbocycles. The van der Waals surface area contributed by atoms with E-state index in [1.807, 2.05) is 31.2 Å². The lowest BCUT2D eigenvalue weighted by Crippen LogP contribution is -2.30. The van der Waals surface area contributed by atoms with Gasteiger partial charge in [-0.3, -0.25) is 9.59 Å². The summed E-state index contributed by atoms with van der Waals surface area (Å²) in [5.41, 5.74) is 1.71. The molecule has 0 unspecified atom stereocenters. The van der Waals surface area contributed by atoms with Crippen molar-refractivity contribution >= 4 is 29.3 Å². The zero-order valence-electron chi connectivity index (χ0n) is 14.5. The first kappa shape index (κ1) is 18.1. The van der Waals surface area contributed by atoms with Gasteiger partial charge in [-0.05, 0) is 38.1 Å². The highest BCUT2D eigenvalue weighted by Crippen LogP contribution is 2.34. The Labute approximate surface area is 155 Å². The number of aryl methyl sites for hydroxylation is 1. The number of thioether (sulfide) groups is 1. The number of hydrogen-bond acceptors (Lipinski definition) is 6. The van der Waals surface area contributed by atoms with Crippen molar-refractivity contribution in [3.63, 3.8) is 0 Å². The maximum Gasteiger partial charge on any atom is 0.317 e. The van der Waals surface area contributed by atoms with E-state index in [4.69, 9.17) is 14.2 Å². The molecule has 0 fully saturated rings. The van der Waals surface area contributed by atoms with E-state index in [9.17, 15) is 9.59 Å². The summed E-state index contributed by atoms with van der Waals surface area (Å²) < 4.78 is 15.7. The molecule has 136 valence electrons. The number of carbonyl (C=O) groups is 2. The van der Waals surface area contributed by atoms with Crippen molar-refractivity contribution in [1.82, 2.24) is 0 Å². The summed E-state index contributed by atoms with van der Waals surface area (Å²) in [5, 5.41) is 2.70. The Balaban J connectivity index is 1.47. The fourth-order valence-corrected chi connectivity index (χ4v) is 2.96. The van der Waals surface area contributed by atoms with Gasteiger partial charge < -0.3 is 19.5 Å². The largest absolute Gasteiger partial charge is 0.454 e. The number of ether oxygens (including phenoxy) is 3. The molecule has 1 heterocycles. The Morgan fingerprint density at radius 3 is 2.65 bits per heavy atom. The van der Waals surface area contributed by atoms with Gasteiger partial charge in [-0.1, -0.05) is 17.7 Å². The van der Waals surface area contributed by atoms with Crippen LogP contribution >= 0.6 is 11.8 Å². The van der Waals surface area contributed by atoms with E-state index < -0.39 is 18.0 Å². The first-order chi connectivity index (χ1) is 12.5. The summed E-state index contributed by atoms with van der Waals surface area (Å²) in [6.45, 7) is 3.71. The molecule has 0 radical (unpaired) electrons. The maximum absolute atomic E-state index is 12.2. The van der Waals surface area contributed by atoms with Gasteiger partial charge >= 0.3 is 5.97 Å². The van der Waals surface area contributed by atoms with Crippen molar-refractivity contribution in [2.24, 2.45) is 0 Å². The first-order valence-electron chi connectivity index (χ1n) is 8.11. The third-order valence-electron chi connectivity index (χ3n) is 3.70.